The van der Waals surface area contributed by atoms with Gasteiger partial charge in [-0.15, -0.1) is 0 Å². The minimum absolute atomic E-state index is 0.319. The van der Waals surface area contributed by atoms with Crippen LogP contribution in [0.4, 0.5) is 4.39 Å². The summed E-state index contributed by atoms with van der Waals surface area (Å²) in [6, 6.07) is 4.27. The topological polar surface area (TPSA) is 90.3 Å². The molecule has 10 heteroatoms. The predicted molar refractivity (Wildman–Crippen MR) is 121 cm³/mol. The number of hydrogen-bond acceptors (Lipinski definition) is 5. The van der Waals surface area contributed by atoms with Crippen LogP contribution in [0.1, 0.15) is 37.0 Å². The first kappa shape index (κ1) is 22.5. The maximum absolute atomic E-state index is 14.9. The molecule has 2 heterocycles. The molecule has 1 aliphatic carbocycles. The van der Waals surface area contributed by atoms with E-state index in [2.05, 4.69) is 4.98 Å². The van der Waals surface area contributed by atoms with Crippen molar-refractivity contribution in [2.24, 2.45) is 13.0 Å². The van der Waals surface area contributed by atoms with E-state index in [4.69, 9.17) is 16.3 Å². The molecule has 1 N–H and O–H groups in total. The van der Waals surface area contributed by atoms with Crippen LogP contribution >= 0.6 is 11.6 Å². The molecular weight excluding hydrogens is 457 g/mol. The van der Waals surface area contributed by atoms with Gasteiger partial charge in [-0.2, -0.15) is 0 Å². The summed E-state index contributed by atoms with van der Waals surface area (Å²) in [7, 11) is -2.03. The first-order valence-electron chi connectivity index (χ1n) is 10.2. The second-order valence-corrected chi connectivity index (χ2v) is 10.8. The Hall–Kier alpha value is -2.65. The number of aromatic nitrogens is 2. The maximum atomic E-state index is 14.9. The Kier molecular flexibility index (Phi) is 5.89. The first-order valence-corrected chi connectivity index (χ1v) is 12.1. The molecule has 7 nitrogen and oxygen atoms in total. The standard InChI is InChI=1S/C22H23ClFN3O4S/c1-12(2)11-31-22-18(23)6-13(9-25-22)17-10-27(3)20-8-16(19(24)7-15(17)20)21(28)26-32(29,30)14-4-5-14/h6-10,12,14H,4-5,11H2,1-3H3,(H,26,28). The van der Waals surface area contributed by atoms with Crippen LogP contribution in [0.2, 0.25) is 5.02 Å². The van der Waals surface area contributed by atoms with E-state index in [0.29, 0.717) is 58.3 Å². The molecule has 4 rings (SSSR count). The van der Waals surface area contributed by atoms with Crippen LogP contribution in [-0.4, -0.2) is 35.7 Å². The Morgan fingerprint density at radius 1 is 1.34 bits per heavy atom. The molecule has 1 aromatic carbocycles. The van der Waals surface area contributed by atoms with E-state index in [9.17, 15) is 17.6 Å². The Balaban J connectivity index is 1.68. The highest BCUT2D eigenvalue weighted by atomic mass is 35.5. The molecule has 3 aromatic rings. The van der Waals surface area contributed by atoms with E-state index in [0.717, 1.165) is 0 Å². The molecular formula is C22H23ClFN3O4S. The van der Waals surface area contributed by atoms with Crippen LogP contribution < -0.4 is 9.46 Å². The van der Waals surface area contributed by atoms with Gasteiger partial charge in [0.2, 0.25) is 15.9 Å². The highest BCUT2D eigenvalue weighted by molar-refractivity contribution is 7.91. The Bertz CT molecular complexity index is 1320. The summed E-state index contributed by atoms with van der Waals surface area (Å²) in [5, 5.41) is 0.298. The third-order valence-electron chi connectivity index (χ3n) is 5.19. The van der Waals surface area contributed by atoms with Crippen molar-refractivity contribution in [2.75, 3.05) is 6.61 Å². The zero-order valence-corrected chi connectivity index (χ0v) is 19.4. The van der Waals surface area contributed by atoms with Crippen LogP contribution in [0, 0.1) is 11.7 Å². The number of rotatable bonds is 7. The summed E-state index contributed by atoms with van der Waals surface area (Å²) < 4.78 is 48.3. The zero-order valence-electron chi connectivity index (χ0n) is 17.9. The summed E-state index contributed by atoms with van der Waals surface area (Å²) in [5.41, 5.74) is 1.56. The second-order valence-electron chi connectivity index (χ2n) is 8.39. The third-order valence-corrected chi connectivity index (χ3v) is 7.28. The average molecular weight is 480 g/mol. The fourth-order valence-corrected chi connectivity index (χ4v) is 4.89. The molecule has 2 aromatic heterocycles. The van der Waals surface area contributed by atoms with Crippen LogP contribution in [0.5, 0.6) is 5.88 Å². The first-order chi connectivity index (χ1) is 15.1. The lowest BCUT2D eigenvalue weighted by molar-refractivity contribution is 0.0977. The lowest BCUT2D eigenvalue weighted by atomic mass is 10.0. The maximum Gasteiger partial charge on any atom is 0.267 e. The summed E-state index contributed by atoms with van der Waals surface area (Å²) in [4.78, 5) is 16.7. The lowest BCUT2D eigenvalue weighted by Gasteiger charge is -2.10. The number of benzene rings is 1. The molecule has 0 radical (unpaired) electrons. The van der Waals surface area contributed by atoms with Gasteiger partial charge in [-0.05, 0) is 37.0 Å². The number of pyridine rings is 1. The molecule has 1 saturated carbocycles. The summed E-state index contributed by atoms with van der Waals surface area (Å²) in [5.74, 6) is -1.15. The van der Waals surface area contributed by atoms with Gasteiger partial charge in [-0.3, -0.25) is 4.79 Å². The van der Waals surface area contributed by atoms with Crippen molar-refractivity contribution >= 4 is 38.4 Å². The molecule has 0 aliphatic heterocycles. The van der Waals surface area contributed by atoms with Gasteiger partial charge in [0.1, 0.15) is 10.8 Å². The summed E-state index contributed by atoms with van der Waals surface area (Å²) in [6.07, 6.45) is 4.37. The van der Waals surface area contributed by atoms with Gasteiger partial charge in [-0.1, -0.05) is 25.4 Å². The van der Waals surface area contributed by atoms with Crippen molar-refractivity contribution in [3.05, 3.63) is 47.0 Å². The normalized spacial score (nSPS) is 14.2. The fourth-order valence-electron chi connectivity index (χ4n) is 3.38. The lowest BCUT2D eigenvalue weighted by Crippen LogP contribution is -2.33. The number of carbonyl (C=O) groups is 1. The molecule has 0 unspecified atom stereocenters. The summed E-state index contributed by atoms with van der Waals surface area (Å²) >= 11 is 6.33. The largest absolute Gasteiger partial charge is 0.476 e. The van der Waals surface area contributed by atoms with Crippen molar-refractivity contribution in [3.8, 4) is 17.0 Å². The van der Waals surface area contributed by atoms with Crippen LogP contribution in [-0.2, 0) is 17.1 Å². The van der Waals surface area contributed by atoms with E-state index in [-0.39, 0.29) is 5.56 Å². The van der Waals surface area contributed by atoms with Gasteiger partial charge in [0.05, 0.1) is 17.4 Å². The van der Waals surface area contributed by atoms with Gasteiger partial charge < -0.3 is 9.30 Å². The van der Waals surface area contributed by atoms with E-state index in [1.807, 2.05) is 18.6 Å². The van der Waals surface area contributed by atoms with Crippen molar-refractivity contribution < 1.29 is 22.3 Å². The number of fused-ring (bicyclic) bond motifs is 1. The number of carbonyl (C=O) groups excluding carboxylic acids is 1. The number of aryl methyl sites for hydroxylation is 1. The summed E-state index contributed by atoms with van der Waals surface area (Å²) in [6.45, 7) is 4.51. The van der Waals surface area contributed by atoms with Crippen molar-refractivity contribution in [3.63, 3.8) is 0 Å². The van der Waals surface area contributed by atoms with Crippen molar-refractivity contribution in [1.29, 1.82) is 0 Å². The molecule has 170 valence electrons. The van der Waals surface area contributed by atoms with E-state index in [1.165, 1.54) is 12.1 Å². The molecule has 0 bridgehead atoms. The fraction of sp³-hybridized carbons (Fsp3) is 0.364. The van der Waals surface area contributed by atoms with Crippen molar-refractivity contribution in [1.82, 2.24) is 14.3 Å². The predicted octanol–water partition coefficient (Wildman–Crippen LogP) is 4.29. The third kappa shape index (κ3) is 4.45. The Labute approximate surface area is 190 Å². The number of hydrogen-bond donors (Lipinski definition) is 1. The number of nitrogens with one attached hydrogen (secondary N) is 1. The number of amides is 1. The Morgan fingerprint density at radius 2 is 2.06 bits per heavy atom. The highest BCUT2D eigenvalue weighted by Gasteiger charge is 2.37. The second kappa shape index (κ2) is 8.37. The van der Waals surface area contributed by atoms with Crippen LogP contribution in [0.3, 0.4) is 0 Å². The number of halogens is 2. The van der Waals surface area contributed by atoms with Crippen LogP contribution in [0.25, 0.3) is 22.0 Å². The van der Waals surface area contributed by atoms with Crippen molar-refractivity contribution in [2.45, 2.75) is 31.9 Å². The van der Waals surface area contributed by atoms with Gasteiger partial charge >= 0.3 is 0 Å². The molecule has 1 fully saturated rings. The van der Waals surface area contributed by atoms with Gasteiger partial charge in [0.15, 0.2) is 0 Å². The average Bonchev–Trinajstić information content (AvgIpc) is 3.52. The van der Waals surface area contributed by atoms with Gasteiger partial charge in [-0.25, -0.2) is 22.5 Å². The molecule has 0 atom stereocenters. The number of sulfonamides is 1. The zero-order chi connectivity index (χ0) is 23.2. The quantitative estimate of drug-likeness (QED) is 0.546. The van der Waals surface area contributed by atoms with Gasteiger partial charge in [0.25, 0.3) is 5.91 Å². The molecule has 1 aliphatic rings. The minimum Gasteiger partial charge on any atom is -0.476 e. The minimum atomic E-state index is -3.78. The SMILES string of the molecule is CC(C)COc1ncc(-c2cn(C)c3cc(C(=O)NS(=O)(=O)C4CC4)c(F)cc23)cc1Cl. The van der Waals surface area contributed by atoms with E-state index < -0.39 is 27.0 Å². The van der Waals surface area contributed by atoms with Crippen LogP contribution in [0.15, 0.2) is 30.6 Å². The number of nitrogens with zero attached hydrogens (tertiary/aromatic N) is 2. The smallest absolute Gasteiger partial charge is 0.267 e. The van der Waals surface area contributed by atoms with Gasteiger partial charge in [0, 0.05) is 41.5 Å². The number of ether oxygens (including phenoxy) is 1. The molecule has 1 amide bonds. The Morgan fingerprint density at radius 3 is 2.69 bits per heavy atom. The van der Waals surface area contributed by atoms with E-state index >= 15 is 0 Å². The molecule has 0 spiro atoms. The molecule has 32 heavy (non-hydrogen) atoms. The monoisotopic (exact) mass is 479 g/mol. The molecule has 0 saturated heterocycles. The highest BCUT2D eigenvalue weighted by Crippen LogP contribution is 2.35. The van der Waals surface area contributed by atoms with E-state index in [1.54, 1.807) is 30.1 Å².